The van der Waals surface area contributed by atoms with Gasteiger partial charge in [0.15, 0.2) is 12.6 Å². The second kappa shape index (κ2) is 20.6. The monoisotopic (exact) mass is 835 g/mol. The number of hydrogen-bond donors (Lipinski definition) is 6. The van der Waals surface area contributed by atoms with E-state index in [1.54, 1.807) is 48.5 Å². The Morgan fingerprint density at radius 1 is 0.948 bits per heavy atom. The number of aliphatic hydroxyl groups is 5. The third kappa shape index (κ3) is 11.5. The summed E-state index contributed by atoms with van der Waals surface area (Å²) >= 11 is 0. The van der Waals surface area contributed by atoms with Crippen LogP contribution in [-0.4, -0.2) is 167 Å². The number of carbonyl (C=O) groups is 2. The predicted octanol–water partition coefficient (Wildman–Crippen LogP) is 2.13. The molecule has 0 unspecified atom stereocenters. The molecule has 0 saturated carbocycles. The Hall–Kier alpha value is -1.54. The smallest absolute Gasteiger partial charge is 0.311 e. The standard InChI is InChI=1S/C42H78N2O14/c1-16-29-42(12,51)35(47)24(6)33(53-20-30(45)43-13)22(4)18-40(10,50)37(58-39-32(46)28(17-23(5)54-39)44(14)21(2)3)25(7)34(26(8)38(49)56-29)57-31-19-41(11,52-15)36(48)27(9)55-31/h21-29,31-37,39,46-48,50-51H,16-20H2,1-15H3,(H,43,45)/t22-,23-,24+,25+,26-,27+,28+,29-,31+,32-,33+,34+,35-,36+,37-,39+,40-,41-,42-/m1/s1. The first-order valence-corrected chi connectivity index (χ1v) is 21.2. The molecule has 3 rings (SSSR count). The first-order chi connectivity index (χ1) is 26.8. The molecular weight excluding hydrogens is 756 g/mol. The summed E-state index contributed by atoms with van der Waals surface area (Å²) in [5, 5.41) is 62.0. The minimum absolute atomic E-state index is 0.0268. The molecule has 58 heavy (non-hydrogen) atoms. The number of nitrogens with one attached hydrogen (secondary N) is 1. The van der Waals surface area contributed by atoms with Crippen LogP contribution in [0.2, 0.25) is 0 Å². The molecule has 0 aliphatic carbocycles. The van der Waals surface area contributed by atoms with Gasteiger partial charge in [-0.25, -0.2) is 0 Å². The topological polar surface area (TPSA) is 215 Å². The molecule has 3 fully saturated rings. The number of amides is 1. The third-order valence-corrected chi connectivity index (χ3v) is 13.4. The fraction of sp³-hybridized carbons (Fsp3) is 0.952. The van der Waals surface area contributed by atoms with Gasteiger partial charge in [-0.3, -0.25) is 14.5 Å². The van der Waals surface area contributed by atoms with E-state index in [0.717, 1.165) is 0 Å². The molecule has 0 radical (unpaired) electrons. The van der Waals surface area contributed by atoms with Crippen LogP contribution in [0.25, 0.3) is 0 Å². The summed E-state index contributed by atoms with van der Waals surface area (Å²) < 4.78 is 44.0. The van der Waals surface area contributed by atoms with Gasteiger partial charge in [-0.15, -0.1) is 0 Å². The Balaban J connectivity index is 2.25. The van der Waals surface area contributed by atoms with Crippen LogP contribution >= 0.6 is 0 Å². The molecule has 340 valence electrons. The zero-order chi connectivity index (χ0) is 44.2. The van der Waals surface area contributed by atoms with Crippen LogP contribution in [0.4, 0.5) is 0 Å². The second-order valence-electron chi connectivity index (χ2n) is 18.5. The summed E-state index contributed by atoms with van der Waals surface area (Å²) in [6, 6.07) is -0.246. The molecule has 16 nitrogen and oxygen atoms in total. The number of likely N-dealkylation sites (N-methyl/N-ethyl adjacent to an activating group) is 2. The maximum absolute atomic E-state index is 14.3. The molecule has 19 atom stereocenters. The lowest BCUT2D eigenvalue weighted by molar-refractivity contribution is -0.319. The minimum atomic E-state index is -1.97. The van der Waals surface area contributed by atoms with Crippen LogP contribution in [0.3, 0.4) is 0 Å². The Labute approximate surface area is 346 Å². The first kappa shape index (κ1) is 50.8. The third-order valence-electron chi connectivity index (χ3n) is 13.4. The Morgan fingerprint density at radius 2 is 1.57 bits per heavy atom. The maximum atomic E-state index is 14.3. The largest absolute Gasteiger partial charge is 0.459 e. The molecule has 6 N–H and O–H groups in total. The highest BCUT2D eigenvalue weighted by Gasteiger charge is 2.54. The number of hydrogen-bond acceptors (Lipinski definition) is 15. The SMILES string of the molecule is CC[C@H]1OC(=O)[C@H](C)[C@@H](O[C@H]2C[C@@](C)(OC)[C@@H](O)[C@H](C)O2)[C@H](C)[C@@H](O[C@@H]2O[C@H](C)C[C@H](N(C)C(C)C)[C@H]2O)[C@](C)(O)C[C@@H](C)[C@H](OCC(=O)NC)[C@H](C)[C@@H](O)[C@]1(C)O. The lowest BCUT2D eigenvalue weighted by Gasteiger charge is -2.50. The first-order valence-electron chi connectivity index (χ1n) is 21.2. The maximum Gasteiger partial charge on any atom is 0.311 e. The van der Waals surface area contributed by atoms with E-state index in [2.05, 4.69) is 10.2 Å². The fourth-order valence-electron chi connectivity index (χ4n) is 9.41. The zero-order valence-corrected chi connectivity index (χ0v) is 37.7. The van der Waals surface area contributed by atoms with Crippen molar-refractivity contribution < 1.29 is 68.3 Å². The Kier molecular flexibility index (Phi) is 18.0. The highest BCUT2D eigenvalue weighted by molar-refractivity contribution is 5.76. The Morgan fingerprint density at radius 3 is 2.12 bits per heavy atom. The van der Waals surface area contributed by atoms with Crippen LogP contribution in [0.15, 0.2) is 0 Å². The van der Waals surface area contributed by atoms with E-state index in [1.165, 1.54) is 21.1 Å². The lowest BCUT2D eigenvalue weighted by atomic mass is 9.73. The van der Waals surface area contributed by atoms with Gasteiger partial charge in [-0.2, -0.15) is 0 Å². The van der Waals surface area contributed by atoms with E-state index in [4.69, 9.17) is 33.2 Å². The van der Waals surface area contributed by atoms with Crippen molar-refractivity contribution in [3.05, 3.63) is 0 Å². The van der Waals surface area contributed by atoms with Gasteiger partial charge < -0.3 is 64.0 Å². The van der Waals surface area contributed by atoms with E-state index in [0.29, 0.717) is 6.42 Å². The molecule has 3 saturated heterocycles. The van der Waals surface area contributed by atoms with Crippen LogP contribution < -0.4 is 5.32 Å². The normalized spacial score (nSPS) is 46.4. The van der Waals surface area contributed by atoms with E-state index in [-0.39, 0.29) is 44.1 Å². The number of nitrogens with zero attached hydrogens (tertiary/aromatic N) is 1. The van der Waals surface area contributed by atoms with Gasteiger partial charge in [0, 0.05) is 44.5 Å². The molecule has 0 spiro atoms. The zero-order valence-electron chi connectivity index (χ0n) is 37.7. The van der Waals surface area contributed by atoms with Crippen LogP contribution in [0.5, 0.6) is 0 Å². The molecule has 3 aliphatic heterocycles. The molecule has 0 aromatic rings. The van der Waals surface area contributed by atoms with Crippen LogP contribution in [0.1, 0.15) is 109 Å². The number of ether oxygens (including phenoxy) is 7. The fourth-order valence-corrected chi connectivity index (χ4v) is 9.41. The van der Waals surface area contributed by atoms with E-state index in [9.17, 15) is 35.1 Å². The quantitative estimate of drug-likeness (QED) is 0.165. The van der Waals surface area contributed by atoms with Gasteiger partial charge >= 0.3 is 5.97 Å². The number of rotatable bonds is 11. The summed E-state index contributed by atoms with van der Waals surface area (Å²) in [6.07, 6.45) is -10.5. The summed E-state index contributed by atoms with van der Waals surface area (Å²) in [7, 11) is 4.89. The molecular formula is C42H78N2O14. The van der Waals surface area contributed by atoms with Crippen molar-refractivity contribution in [3.63, 3.8) is 0 Å². The minimum Gasteiger partial charge on any atom is -0.459 e. The summed E-state index contributed by atoms with van der Waals surface area (Å²) in [6.45, 7) is 20.6. The van der Waals surface area contributed by atoms with E-state index >= 15 is 0 Å². The number of esters is 1. The van der Waals surface area contributed by atoms with Crippen molar-refractivity contribution in [2.45, 2.75) is 205 Å². The number of cyclic esters (lactones) is 1. The molecule has 3 heterocycles. The summed E-state index contributed by atoms with van der Waals surface area (Å²) in [5.74, 6) is -4.50. The van der Waals surface area contributed by atoms with Crippen molar-refractivity contribution in [1.29, 1.82) is 0 Å². The average Bonchev–Trinajstić information content (AvgIpc) is 3.15. The molecule has 1 amide bonds. The Bertz CT molecular complexity index is 1320. The molecule has 0 aromatic heterocycles. The van der Waals surface area contributed by atoms with E-state index < -0.39 is 114 Å². The van der Waals surface area contributed by atoms with Gasteiger partial charge in [0.05, 0.1) is 53.7 Å². The average molecular weight is 835 g/mol. The second-order valence-corrected chi connectivity index (χ2v) is 18.5. The van der Waals surface area contributed by atoms with Crippen molar-refractivity contribution in [2.75, 3.05) is 27.8 Å². The van der Waals surface area contributed by atoms with Crippen molar-refractivity contribution in [2.24, 2.45) is 23.7 Å². The number of methoxy groups -OCH3 is 1. The number of aliphatic hydroxyl groups excluding tert-OH is 3. The highest BCUT2D eigenvalue weighted by atomic mass is 16.7. The van der Waals surface area contributed by atoms with Crippen molar-refractivity contribution in [1.82, 2.24) is 10.2 Å². The lowest BCUT2D eigenvalue weighted by Crippen LogP contribution is -2.62. The van der Waals surface area contributed by atoms with Gasteiger partial charge in [-0.05, 0) is 87.6 Å². The van der Waals surface area contributed by atoms with Gasteiger partial charge in [-0.1, -0.05) is 27.7 Å². The van der Waals surface area contributed by atoms with Gasteiger partial charge in [0.2, 0.25) is 5.91 Å². The van der Waals surface area contributed by atoms with Crippen LogP contribution in [-0.2, 0) is 42.7 Å². The van der Waals surface area contributed by atoms with Crippen LogP contribution in [0, 0.1) is 23.7 Å². The predicted molar refractivity (Wildman–Crippen MR) is 214 cm³/mol. The van der Waals surface area contributed by atoms with Gasteiger partial charge in [0.25, 0.3) is 0 Å². The molecule has 16 heteroatoms. The van der Waals surface area contributed by atoms with E-state index in [1.807, 2.05) is 34.7 Å². The molecule has 0 aromatic carbocycles. The number of carbonyl (C=O) groups excluding carboxylic acids is 2. The van der Waals surface area contributed by atoms with Crippen molar-refractivity contribution >= 4 is 11.9 Å². The summed E-state index contributed by atoms with van der Waals surface area (Å²) in [5.41, 5.74) is -4.81. The molecule has 0 bridgehead atoms. The summed E-state index contributed by atoms with van der Waals surface area (Å²) in [4.78, 5) is 28.9. The molecule has 3 aliphatic rings. The highest BCUT2D eigenvalue weighted by Crippen LogP contribution is 2.42. The van der Waals surface area contributed by atoms with Crippen molar-refractivity contribution in [3.8, 4) is 0 Å². The van der Waals surface area contributed by atoms with Gasteiger partial charge in [0.1, 0.15) is 30.5 Å².